The number of morpholine rings is 1. The van der Waals surface area contributed by atoms with Crippen LogP contribution in [0.25, 0.3) is 0 Å². The van der Waals surface area contributed by atoms with Crippen LogP contribution in [0.4, 0.5) is 0 Å². The summed E-state index contributed by atoms with van der Waals surface area (Å²) >= 11 is 1.73. The van der Waals surface area contributed by atoms with Gasteiger partial charge in [0.15, 0.2) is 0 Å². The molecule has 1 aliphatic carbocycles. The molecule has 2 amide bonds. The van der Waals surface area contributed by atoms with Crippen LogP contribution in [0.15, 0.2) is 29.7 Å². The lowest BCUT2D eigenvalue weighted by Crippen LogP contribution is -2.51. The van der Waals surface area contributed by atoms with E-state index in [4.69, 9.17) is 4.74 Å². The SMILES string of the molecule is O=C(CC1COCCN1C(=O)CCCc1cccs1)NC1CC=CC1. The maximum atomic E-state index is 12.6. The molecule has 1 N–H and O–H groups in total. The van der Waals surface area contributed by atoms with Gasteiger partial charge in [0.2, 0.25) is 11.8 Å². The molecule has 1 aromatic heterocycles. The van der Waals surface area contributed by atoms with E-state index in [2.05, 4.69) is 28.9 Å². The predicted octanol–water partition coefficient (Wildman–Crippen LogP) is 2.52. The summed E-state index contributed by atoms with van der Waals surface area (Å²) < 4.78 is 5.51. The van der Waals surface area contributed by atoms with E-state index < -0.39 is 0 Å². The van der Waals surface area contributed by atoms with Crippen LogP contribution in [0.3, 0.4) is 0 Å². The van der Waals surface area contributed by atoms with Gasteiger partial charge in [-0.1, -0.05) is 18.2 Å². The van der Waals surface area contributed by atoms with Gasteiger partial charge in [0.05, 0.1) is 19.3 Å². The van der Waals surface area contributed by atoms with Crippen LogP contribution in [-0.4, -0.2) is 48.6 Å². The average Bonchev–Trinajstić information content (AvgIpc) is 3.29. The van der Waals surface area contributed by atoms with Crippen LogP contribution < -0.4 is 5.32 Å². The van der Waals surface area contributed by atoms with Gasteiger partial charge in [0.25, 0.3) is 0 Å². The highest BCUT2D eigenvalue weighted by molar-refractivity contribution is 7.09. The number of carbonyl (C=O) groups is 2. The number of hydrogen-bond acceptors (Lipinski definition) is 4. The summed E-state index contributed by atoms with van der Waals surface area (Å²) in [4.78, 5) is 28.0. The standard InChI is InChI=1S/C19H26N2O3S/c22-18(20-15-5-1-2-6-15)13-16-14-24-11-10-21(16)19(23)9-3-7-17-8-4-12-25-17/h1-2,4,8,12,15-16H,3,5-7,9-11,13-14H2,(H,20,22). The first kappa shape index (κ1) is 18.1. The van der Waals surface area contributed by atoms with Gasteiger partial charge in [-0.25, -0.2) is 0 Å². The molecule has 6 heteroatoms. The topological polar surface area (TPSA) is 58.6 Å². The van der Waals surface area contributed by atoms with Crippen molar-refractivity contribution in [1.82, 2.24) is 10.2 Å². The quantitative estimate of drug-likeness (QED) is 0.758. The van der Waals surface area contributed by atoms with Gasteiger partial charge in [0, 0.05) is 30.3 Å². The van der Waals surface area contributed by atoms with Crippen molar-refractivity contribution in [2.45, 2.75) is 50.6 Å². The third kappa shape index (κ3) is 5.41. The summed E-state index contributed by atoms with van der Waals surface area (Å²) in [5, 5.41) is 5.12. The lowest BCUT2D eigenvalue weighted by molar-refractivity contribution is -0.141. The van der Waals surface area contributed by atoms with Gasteiger partial charge < -0.3 is 15.0 Å². The number of aryl methyl sites for hydroxylation is 1. The summed E-state index contributed by atoms with van der Waals surface area (Å²) in [6.45, 7) is 1.59. The Bertz CT molecular complexity index is 592. The van der Waals surface area contributed by atoms with Crippen molar-refractivity contribution in [3.05, 3.63) is 34.5 Å². The Kier molecular flexibility index (Phi) is 6.64. The van der Waals surface area contributed by atoms with Crippen molar-refractivity contribution in [2.24, 2.45) is 0 Å². The molecule has 5 nitrogen and oxygen atoms in total. The molecule has 2 heterocycles. The van der Waals surface area contributed by atoms with Gasteiger partial charge in [-0.2, -0.15) is 0 Å². The Labute approximate surface area is 153 Å². The normalized spacial score (nSPS) is 20.8. The Balaban J connectivity index is 1.45. The first-order valence-corrected chi connectivity index (χ1v) is 9.94. The number of amides is 2. The molecule has 136 valence electrons. The van der Waals surface area contributed by atoms with Crippen molar-refractivity contribution in [2.75, 3.05) is 19.8 Å². The Morgan fingerprint density at radius 2 is 2.16 bits per heavy atom. The maximum absolute atomic E-state index is 12.6. The van der Waals surface area contributed by atoms with E-state index in [0.29, 0.717) is 32.6 Å². The van der Waals surface area contributed by atoms with Gasteiger partial charge in [-0.05, 0) is 37.1 Å². The maximum Gasteiger partial charge on any atom is 0.223 e. The van der Waals surface area contributed by atoms with Crippen molar-refractivity contribution in [1.29, 1.82) is 0 Å². The number of nitrogens with zero attached hydrogens (tertiary/aromatic N) is 1. The summed E-state index contributed by atoms with van der Waals surface area (Å²) in [6.07, 6.45) is 8.64. The van der Waals surface area contributed by atoms with Crippen molar-refractivity contribution >= 4 is 23.2 Å². The highest BCUT2D eigenvalue weighted by Gasteiger charge is 2.29. The first-order valence-electron chi connectivity index (χ1n) is 9.06. The lowest BCUT2D eigenvalue weighted by Gasteiger charge is -2.35. The van der Waals surface area contributed by atoms with E-state index in [1.807, 2.05) is 11.0 Å². The lowest BCUT2D eigenvalue weighted by atomic mass is 10.1. The van der Waals surface area contributed by atoms with Crippen molar-refractivity contribution in [3.8, 4) is 0 Å². The Morgan fingerprint density at radius 3 is 2.92 bits per heavy atom. The van der Waals surface area contributed by atoms with Gasteiger partial charge in [-0.3, -0.25) is 9.59 Å². The monoisotopic (exact) mass is 362 g/mol. The minimum atomic E-state index is -0.141. The van der Waals surface area contributed by atoms with Crippen LogP contribution in [0, 0.1) is 0 Å². The first-order chi connectivity index (χ1) is 12.2. The molecule has 2 aliphatic rings. The summed E-state index contributed by atoms with van der Waals surface area (Å²) in [7, 11) is 0. The minimum absolute atomic E-state index is 0.0144. The average molecular weight is 362 g/mol. The number of rotatable bonds is 7. The molecule has 0 saturated carbocycles. The van der Waals surface area contributed by atoms with E-state index in [0.717, 1.165) is 25.7 Å². The molecule has 25 heavy (non-hydrogen) atoms. The second-order valence-electron chi connectivity index (χ2n) is 6.66. The van der Waals surface area contributed by atoms with Crippen molar-refractivity contribution < 1.29 is 14.3 Å². The zero-order valence-electron chi connectivity index (χ0n) is 14.5. The zero-order chi connectivity index (χ0) is 17.5. The van der Waals surface area contributed by atoms with Crippen LogP contribution in [0.2, 0.25) is 0 Å². The van der Waals surface area contributed by atoms with Crippen LogP contribution >= 0.6 is 11.3 Å². The predicted molar refractivity (Wildman–Crippen MR) is 98.5 cm³/mol. The fourth-order valence-corrected chi connectivity index (χ4v) is 4.15. The van der Waals surface area contributed by atoms with Gasteiger partial charge in [0.1, 0.15) is 0 Å². The highest BCUT2D eigenvalue weighted by Crippen LogP contribution is 2.17. The number of carbonyl (C=O) groups excluding carboxylic acids is 2. The smallest absolute Gasteiger partial charge is 0.223 e. The molecule has 1 unspecified atom stereocenters. The van der Waals surface area contributed by atoms with E-state index in [-0.39, 0.29) is 23.9 Å². The minimum Gasteiger partial charge on any atom is -0.377 e. The van der Waals surface area contributed by atoms with Gasteiger partial charge in [-0.15, -0.1) is 11.3 Å². The zero-order valence-corrected chi connectivity index (χ0v) is 15.3. The summed E-state index contributed by atoms with van der Waals surface area (Å²) in [5.74, 6) is 0.153. The van der Waals surface area contributed by atoms with E-state index in [1.54, 1.807) is 11.3 Å². The molecule has 0 spiro atoms. The number of hydrogen-bond donors (Lipinski definition) is 1. The van der Waals surface area contributed by atoms with Crippen LogP contribution in [0.1, 0.15) is 37.0 Å². The largest absolute Gasteiger partial charge is 0.377 e. The Hall–Kier alpha value is -1.66. The molecule has 1 aliphatic heterocycles. The van der Waals surface area contributed by atoms with Crippen LogP contribution in [-0.2, 0) is 20.7 Å². The van der Waals surface area contributed by atoms with Crippen LogP contribution in [0.5, 0.6) is 0 Å². The molecule has 1 fully saturated rings. The molecule has 3 rings (SSSR count). The van der Waals surface area contributed by atoms with E-state index in [9.17, 15) is 9.59 Å². The molecular formula is C19H26N2O3S. The van der Waals surface area contributed by atoms with Crippen molar-refractivity contribution in [3.63, 3.8) is 0 Å². The van der Waals surface area contributed by atoms with Gasteiger partial charge >= 0.3 is 0 Å². The molecule has 0 aromatic carbocycles. The Morgan fingerprint density at radius 1 is 1.32 bits per heavy atom. The fraction of sp³-hybridized carbons (Fsp3) is 0.579. The third-order valence-corrected chi connectivity index (χ3v) is 5.67. The van der Waals surface area contributed by atoms with E-state index in [1.165, 1.54) is 4.88 Å². The molecule has 0 bridgehead atoms. The molecule has 1 saturated heterocycles. The second-order valence-corrected chi connectivity index (χ2v) is 7.69. The number of thiophene rings is 1. The number of ether oxygens (including phenoxy) is 1. The fourth-order valence-electron chi connectivity index (χ4n) is 3.40. The van der Waals surface area contributed by atoms with E-state index >= 15 is 0 Å². The highest BCUT2D eigenvalue weighted by atomic mass is 32.1. The molecule has 1 aromatic rings. The number of nitrogens with one attached hydrogen (secondary N) is 1. The molecule has 0 radical (unpaired) electrons. The summed E-state index contributed by atoms with van der Waals surface area (Å²) in [6, 6.07) is 4.22. The second kappa shape index (κ2) is 9.15. The molecular weight excluding hydrogens is 336 g/mol. The summed E-state index contributed by atoms with van der Waals surface area (Å²) in [5.41, 5.74) is 0. The molecule has 1 atom stereocenters. The third-order valence-electron chi connectivity index (χ3n) is 4.74.